The van der Waals surface area contributed by atoms with Crippen LogP contribution < -0.4 is 0 Å². The molecule has 0 spiro atoms. The van der Waals surface area contributed by atoms with E-state index < -0.39 is 0 Å². The number of esters is 1. The fraction of sp³-hybridized carbons (Fsp3) is 0.240. The Balaban J connectivity index is 1.39. The maximum absolute atomic E-state index is 12.5. The first-order valence-corrected chi connectivity index (χ1v) is 9.91. The Morgan fingerprint density at radius 3 is 2.07 bits per heavy atom. The van der Waals surface area contributed by atoms with Gasteiger partial charge < -0.3 is 4.74 Å². The molecule has 0 saturated carbocycles. The normalized spacial score (nSPS) is 14.1. The molecule has 1 saturated heterocycles. The van der Waals surface area contributed by atoms with Crippen LogP contribution in [0, 0.1) is 0 Å². The molecule has 0 atom stereocenters. The van der Waals surface area contributed by atoms with Gasteiger partial charge in [-0.2, -0.15) is 0 Å². The van der Waals surface area contributed by atoms with Gasteiger partial charge in [-0.05, 0) is 60.3 Å². The summed E-state index contributed by atoms with van der Waals surface area (Å²) < 4.78 is 5.61. The standard InChI is InChI=1S/C25H25NO2/c27-25(22-14-12-21(13-15-22)20-8-2-1-3-9-20)28-19-24-11-5-4-10-23(24)18-26-16-6-7-17-26/h1-5,8-15H,6-7,16-19H2. The minimum Gasteiger partial charge on any atom is -0.457 e. The summed E-state index contributed by atoms with van der Waals surface area (Å²) in [6.45, 7) is 3.55. The zero-order valence-corrected chi connectivity index (χ0v) is 16.0. The summed E-state index contributed by atoms with van der Waals surface area (Å²) in [6.07, 6.45) is 2.55. The highest BCUT2D eigenvalue weighted by atomic mass is 16.5. The van der Waals surface area contributed by atoms with Crippen LogP contribution in [0.1, 0.15) is 34.3 Å². The Labute approximate surface area is 166 Å². The Kier molecular flexibility index (Phi) is 5.83. The maximum Gasteiger partial charge on any atom is 0.338 e. The molecule has 0 bridgehead atoms. The average Bonchev–Trinajstić information content (AvgIpc) is 3.27. The van der Waals surface area contributed by atoms with Crippen molar-refractivity contribution in [2.45, 2.75) is 26.0 Å². The van der Waals surface area contributed by atoms with E-state index >= 15 is 0 Å². The van der Waals surface area contributed by atoms with Crippen molar-refractivity contribution in [2.24, 2.45) is 0 Å². The van der Waals surface area contributed by atoms with Gasteiger partial charge in [0, 0.05) is 6.54 Å². The van der Waals surface area contributed by atoms with E-state index in [1.807, 2.05) is 48.5 Å². The van der Waals surface area contributed by atoms with Crippen molar-refractivity contribution in [3.63, 3.8) is 0 Å². The Hall–Kier alpha value is -2.91. The van der Waals surface area contributed by atoms with Gasteiger partial charge in [-0.15, -0.1) is 0 Å². The first-order valence-electron chi connectivity index (χ1n) is 9.91. The summed E-state index contributed by atoms with van der Waals surface area (Å²) in [5, 5.41) is 0. The number of benzene rings is 3. The molecule has 3 nitrogen and oxygen atoms in total. The Morgan fingerprint density at radius 2 is 1.36 bits per heavy atom. The molecular weight excluding hydrogens is 346 g/mol. The number of ether oxygens (including phenoxy) is 1. The van der Waals surface area contributed by atoms with E-state index in [0.717, 1.165) is 36.3 Å². The van der Waals surface area contributed by atoms with Gasteiger partial charge in [0.2, 0.25) is 0 Å². The summed E-state index contributed by atoms with van der Waals surface area (Å²) in [5.41, 5.74) is 5.14. The summed E-state index contributed by atoms with van der Waals surface area (Å²) in [4.78, 5) is 15.0. The molecule has 4 rings (SSSR count). The van der Waals surface area contributed by atoms with E-state index in [1.54, 1.807) is 0 Å². The van der Waals surface area contributed by atoms with Gasteiger partial charge in [0.15, 0.2) is 0 Å². The lowest BCUT2D eigenvalue weighted by molar-refractivity contribution is 0.0471. The second kappa shape index (κ2) is 8.85. The maximum atomic E-state index is 12.5. The number of nitrogens with zero attached hydrogens (tertiary/aromatic N) is 1. The van der Waals surface area contributed by atoms with Gasteiger partial charge in [0.25, 0.3) is 0 Å². The number of carbonyl (C=O) groups excluding carboxylic acids is 1. The first kappa shape index (κ1) is 18.5. The molecule has 0 amide bonds. The fourth-order valence-electron chi connectivity index (χ4n) is 3.69. The SMILES string of the molecule is O=C(OCc1ccccc1CN1CCCC1)c1ccc(-c2ccccc2)cc1. The molecule has 1 fully saturated rings. The molecule has 1 aliphatic heterocycles. The monoisotopic (exact) mass is 371 g/mol. The first-order chi connectivity index (χ1) is 13.8. The smallest absolute Gasteiger partial charge is 0.338 e. The summed E-state index contributed by atoms with van der Waals surface area (Å²) in [6, 6.07) is 26.0. The van der Waals surface area contributed by atoms with Crippen LogP contribution in [0.5, 0.6) is 0 Å². The van der Waals surface area contributed by atoms with Gasteiger partial charge in [0.1, 0.15) is 6.61 Å². The second-order valence-corrected chi connectivity index (χ2v) is 7.27. The molecule has 3 heteroatoms. The number of carbonyl (C=O) groups is 1. The van der Waals surface area contributed by atoms with Gasteiger partial charge >= 0.3 is 5.97 Å². The van der Waals surface area contributed by atoms with Crippen LogP contribution in [0.4, 0.5) is 0 Å². The van der Waals surface area contributed by atoms with Crippen LogP contribution in [0.25, 0.3) is 11.1 Å². The van der Waals surface area contributed by atoms with Crippen LogP contribution in [-0.4, -0.2) is 24.0 Å². The predicted octanol–water partition coefficient (Wildman–Crippen LogP) is 5.31. The molecule has 1 heterocycles. The molecule has 3 aromatic rings. The van der Waals surface area contributed by atoms with Gasteiger partial charge in [-0.25, -0.2) is 4.79 Å². The van der Waals surface area contributed by atoms with Gasteiger partial charge in [0.05, 0.1) is 5.56 Å². The van der Waals surface area contributed by atoms with Crippen molar-refractivity contribution in [1.29, 1.82) is 0 Å². The third-order valence-electron chi connectivity index (χ3n) is 5.30. The number of hydrogen-bond donors (Lipinski definition) is 0. The molecule has 0 N–H and O–H groups in total. The van der Waals surface area contributed by atoms with Crippen molar-refractivity contribution in [3.8, 4) is 11.1 Å². The van der Waals surface area contributed by atoms with E-state index in [9.17, 15) is 4.79 Å². The van der Waals surface area contributed by atoms with Crippen molar-refractivity contribution in [1.82, 2.24) is 4.90 Å². The highest BCUT2D eigenvalue weighted by Gasteiger charge is 2.14. The molecular formula is C25H25NO2. The highest BCUT2D eigenvalue weighted by Crippen LogP contribution is 2.20. The molecule has 0 radical (unpaired) electrons. The van der Waals surface area contributed by atoms with Crippen LogP contribution in [-0.2, 0) is 17.9 Å². The van der Waals surface area contributed by atoms with E-state index in [0.29, 0.717) is 12.2 Å². The van der Waals surface area contributed by atoms with Crippen molar-refractivity contribution < 1.29 is 9.53 Å². The third kappa shape index (κ3) is 4.49. The lowest BCUT2D eigenvalue weighted by Gasteiger charge is -2.17. The van der Waals surface area contributed by atoms with Crippen LogP contribution in [0.15, 0.2) is 78.9 Å². The van der Waals surface area contributed by atoms with Crippen LogP contribution >= 0.6 is 0 Å². The second-order valence-electron chi connectivity index (χ2n) is 7.27. The molecule has 1 aliphatic rings. The van der Waals surface area contributed by atoms with E-state index in [1.165, 1.54) is 18.4 Å². The summed E-state index contributed by atoms with van der Waals surface area (Å²) >= 11 is 0. The fourth-order valence-corrected chi connectivity index (χ4v) is 3.69. The molecule has 3 aromatic carbocycles. The van der Waals surface area contributed by atoms with Crippen LogP contribution in [0.2, 0.25) is 0 Å². The summed E-state index contributed by atoms with van der Waals surface area (Å²) in [5.74, 6) is -0.282. The molecule has 28 heavy (non-hydrogen) atoms. The van der Waals surface area contributed by atoms with Crippen molar-refractivity contribution >= 4 is 5.97 Å². The van der Waals surface area contributed by atoms with Gasteiger partial charge in [-0.1, -0.05) is 66.7 Å². The third-order valence-corrected chi connectivity index (χ3v) is 5.30. The number of likely N-dealkylation sites (tertiary alicyclic amines) is 1. The van der Waals surface area contributed by atoms with E-state index in [2.05, 4.69) is 35.2 Å². The molecule has 0 unspecified atom stereocenters. The topological polar surface area (TPSA) is 29.5 Å². The zero-order valence-electron chi connectivity index (χ0n) is 16.0. The number of hydrogen-bond acceptors (Lipinski definition) is 3. The summed E-state index contributed by atoms with van der Waals surface area (Å²) in [7, 11) is 0. The quantitative estimate of drug-likeness (QED) is 0.550. The van der Waals surface area contributed by atoms with E-state index in [-0.39, 0.29) is 5.97 Å². The molecule has 142 valence electrons. The predicted molar refractivity (Wildman–Crippen MR) is 112 cm³/mol. The molecule has 0 aromatic heterocycles. The minimum absolute atomic E-state index is 0.282. The molecule has 0 aliphatic carbocycles. The van der Waals surface area contributed by atoms with Crippen molar-refractivity contribution in [3.05, 3.63) is 95.6 Å². The zero-order chi connectivity index (χ0) is 19.2. The minimum atomic E-state index is -0.282. The number of rotatable bonds is 6. The Morgan fingerprint density at radius 1 is 0.750 bits per heavy atom. The average molecular weight is 371 g/mol. The Bertz CT molecular complexity index is 913. The van der Waals surface area contributed by atoms with Gasteiger partial charge in [-0.3, -0.25) is 4.90 Å². The van der Waals surface area contributed by atoms with Crippen LogP contribution in [0.3, 0.4) is 0 Å². The largest absolute Gasteiger partial charge is 0.457 e. The lowest BCUT2D eigenvalue weighted by atomic mass is 10.0. The van der Waals surface area contributed by atoms with Crippen molar-refractivity contribution in [2.75, 3.05) is 13.1 Å². The van der Waals surface area contributed by atoms with E-state index in [4.69, 9.17) is 4.74 Å². The highest BCUT2D eigenvalue weighted by molar-refractivity contribution is 5.90. The lowest BCUT2D eigenvalue weighted by Crippen LogP contribution is -2.19.